The standard InChI is InChI=1S/C12H23NO3/c1-10-7-13-8-12(16-10)9-14-6-4-11-3-2-5-15-11/h10-13H,2-9H2,1H3. The Bertz CT molecular complexity index is 195. The van der Waals surface area contributed by atoms with Crippen molar-refractivity contribution in [2.24, 2.45) is 0 Å². The normalized spacial score (nSPS) is 35.4. The van der Waals surface area contributed by atoms with Crippen LogP contribution in [0.5, 0.6) is 0 Å². The highest BCUT2D eigenvalue weighted by Gasteiger charge is 2.19. The summed E-state index contributed by atoms with van der Waals surface area (Å²) in [5.41, 5.74) is 0. The first kappa shape index (κ1) is 12.3. The van der Waals surface area contributed by atoms with E-state index in [0.717, 1.165) is 32.7 Å². The van der Waals surface area contributed by atoms with E-state index in [1.807, 2.05) is 0 Å². The Morgan fingerprint density at radius 2 is 2.25 bits per heavy atom. The van der Waals surface area contributed by atoms with Gasteiger partial charge in [0.1, 0.15) is 0 Å². The second-order valence-corrected chi connectivity index (χ2v) is 4.73. The SMILES string of the molecule is CC1CNCC(COCCC2CCCO2)O1. The van der Waals surface area contributed by atoms with Gasteiger partial charge in [0.2, 0.25) is 0 Å². The largest absolute Gasteiger partial charge is 0.379 e. The third kappa shape index (κ3) is 4.01. The minimum atomic E-state index is 0.216. The van der Waals surface area contributed by atoms with Gasteiger partial charge in [0.25, 0.3) is 0 Å². The van der Waals surface area contributed by atoms with Crippen LogP contribution in [0.2, 0.25) is 0 Å². The van der Waals surface area contributed by atoms with Crippen LogP contribution in [0.3, 0.4) is 0 Å². The molecule has 94 valence electrons. The third-order valence-corrected chi connectivity index (χ3v) is 3.14. The summed E-state index contributed by atoms with van der Waals surface area (Å²) < 4.78 is 16.9. The average Bonchev–Trinajstić information content (AvgIpc) is 2.77. The number of hydrogen-bond acceptors (Lipinski definition) is 4. The highest BCUT2D eigenvalue weighted by Crippen LogP contribution is 2.15. The first-order chi connectivity index (χ1) is 7.84. The van der Waals surface area contributed by atoms with Crippen molar-refractivity contribution in [2.45, 2.75) is 44.5 Å². The molecule has 1 N–H and O–H groups in total. The fraction of sp³-hybridized carbons (Fsp3) is 1.00. The number of ether oxygens (including phenoxy) is 3. The van der Waals surface area contributed by atoms with Crippen molar-refractivity contribution in [3.05, 3.63) is 0 Å². The molecule has 16 heavy (non-hydrogen) atoms. The van der Waals surface area contributed by atoms with Gasteiger partial charge < -0.3 is 19.5 Å². The Labute approximate surface area is 97.6 Å². The molecular weight excluding hydrogens is 206 g/mol. The van der Waals surface area contributed by atoms with Gasteiger partial charge in [-0.05, 0) is 26.2 Å². The molecule has 2 saturated heterocycles. The van der Waals surface area contributed by atoms with Crippen molar-refractivity contribution in [3.8, 4) is 0 Å². The monoisotopic (exact) mass is 229 g/mol. The van der Waals surface area contributed by atoms with Crippen LogP contribution in [0.4, 0.5) is 0 Å². The summed E-state index contributed by atoms with van der Waals surface area (Å²) in [6.45, 7) is 6.36. The van der Waals surface area contributed by atoms with Crippen molar-refractivity contribution in [1.29, 1.82) is 0 Å². The third-order valence-electron chi connectivity index (χ3n) is 3.14. The van der Waals surface area contributed by atoms with E-state index in [1.54, 1.807) is 0 Å². The summed E-state index contributed by atoms with van der Waals surface area (Å²) >= 11 is 0. The summed E-state index contributed by atoms with van der Waals surface area (Å²) in [5.74, 6) is 0. The molecule has 0 aromatic heterocycles. The van der Waals surface area contributed by atoms with E-state index in [4.69, 9.17) is 14.2 Å². The Balaban J connectivity index is 1.50. The van der Waals surface area contributed by atoms with Crippen molar-refractivity contribution in [1.82, 2.24) is 5.32 Å². The summed E-state index contributed by atoms with van der Waals surface area (Å²) in [4.78, 5) is 0. The highest BCUT2D eigenvalue weighted by molar-refractivity contribution is 4.71. The van der Waals surface area contributed by atoms with E-state index in [2.05, 4.69) is 12.2 Å². The van der Waals surface area contributed by atoms with Crippen LogP contribution in [-0.4, -0.2) is 51.2 Å². The van der Waals surface area contributed by atoms with E-state index in [1.165, 1.54) is 12.8 Å². The molecule has 2 rings (SSSR count). The molecule has 4 heteroatoms. The lowest BCUT2D eigenvalue weighted by Gasteiger charge is -2.28. The van der Waals surface area contributed by atoms with Gasteiger partial charge >= 0.3 is 0 Å². The van der Waals surface area contributed by atoms with E-state index in [-0.39, 0.29) is 6.10 Å². The molecule has 0 bridgehead atoms. The fourth-order valence-corrected chi connectivity index (χ4v) is 2.27. The highest BCUT2D eigenvalue weighted by atomic mass is 16.5. The molecule has 3 unspecified atom stereocenters. The van der Waals surface area contributed by atoms with Crippen LogP contribution in [0.1, 0.15) is 26.2 Å². The van der Waals surface area contributed by atoms with E-state index in [9.17, 15) is 0 Å². The van der Waals surface area contributed by atoms with E-state index >= 15 is 0 Å². The van der Waals surface area contributed by atoms with Crippen LogP contribution in [0.15, 0.2) is 0 Å². The molecule has 0 aliphatic carbocycles. The van der Waals surface area contributed by atoms with Gasteiger partial charge in [-0.2, -0.15) is 0 Å². The van der Waals surface area contributed by atoms with Gasteiger partial charge in [-0.1, -0.05) is 0 Å². The van der Waals surface area contributed by atoms with Crippen LogP contribution in [0, 0.1) is 0 Å². The zero-order valence-electron chi connectivity index (χ0n) is 10.1. The molecule has 4 nitrogen and oxygen atoms in total. The topological polar surface area (TPSA) is 39.7 Å². The molecule has 2 heterocycles. The van der Waals surface area contributed by atoms with Gasteiger partial charge in [-0.3, -0.25) is 0 Å². The minimum absolute atomic E-state index is 0.216. The van der Waals surface area contributed by atoms with Gasteiger partial charge in [0.05, 0.1) is 24.9 Å². The second kappa shape index (κ2) is 6.55. The summed E-state index contributed by atoms with van der Waals surface area (Å²) in [5, 5.41) is 3.34. The van der Waals surface area contributed by atoms with E-state index < -0.39 is 0 Å². The number of morpholine rings is 1. The maximum atomic E-state index is 5.74. The summed E-state index contributed by atoms with van der Waals surface area (Å²) in [7, 11) is 0. The summed E-state index contributed by atoms with van der Waals surface area (Å²) in [6, 6.07) is 0. The molecule has 0 saturated carbocycles. The maximum Gasteiger partial charge on any atom is 0.0936 e. The zero-order chi connectivity index (χ0) is 11.2. The average molecular weight is 229 g/mol. The van der Waals surface area contributed by atoms with Crippen LogP contribution in [0.25, 0.3) is 0 Å². The number of rotatable bonds is 5. The molecule has 2 fully saturated rings. The molecular formula is C12H23NO3. The fourth-order valence-electron chi connectivity index (χ4n) is 2.27. The Kier molecular flexibility index (Phi) is 5.03. The molecule has 2 aliphatic rings. The smallest absolute Gasteiger partial charge is 0.0936 e. The molecule has 0 amide bonds. The lowest BCUT2D eigenvalue weighted by atomic mass is 10.2. The van der Waals surface area contributed by atoms with Crippen molar-refractivity contribution >= 4 is 0 Å². The predicted octanol–water partition coefficient (Wildman–Crippen LogP) is 0.949. The quantitative estimate of drug-likeness (QED) is 0.713. The maximum absolute atomic E-state index is 5.74. The van der Waals surface area contributed by atoms with Crippen molar-refractivity contribution in [2.75, 3.05) is 32.9 Å². The molecule has 0 spiro atoms. The zero-order valence-corrected chi connectivity index (χ0v) is 10.1. The van der Waals surface area contributed by atoms with Crippen molar-refractivity contribution < 1.29 is 14.2 Å². The van der Waals surface area contributed by atoms with Gasteiger partial charge in [0, 0.05) is 26.3 Å². The lowest BCUT2D eigenvalue weighted by Crippen LogP contribution is -2.45. The Morgan fingerprint density at radius 3 is 3.00 bits per heavy atom. The van der Waals surface area contributed by atoms with Crippen LogP contribution in [-0.2, 0) is 14.2 Å². The molecule has 0 aromatic carbocycles. The number of hydrogen-bond donors (Lipinski definition) is 1. The summed E-state index contributed by atoms with van der Waals surface area (Å²) in [6.07, 6.45) is 4.38. The minimum Gasteiger partial charge on any atom is -0.379 e. The van der Waals surface area contributed by atoms with Gasteiger partial charge in [-0.25, -0.2) is 0 Å². The Hall–Kier alpha value is -0.160. The van der Waals surface area contributed by atoms with Gasteiger partial charge in [-0.15, -0.1) is 0 Å². The predicted molar refractivity (Wildman–Crippen MR) is 61.6 cm³/mol. The first-order valence-corrected chi connectivity index (χ1v) is 6.40. The van der Waals surface area contributed by atoms with Crippen molar-refractivity contribution in [3.63, 3.8) is 0 Å². The van der Waals surface area contributed by atoms with E-state index in [0.29, 0.717) is 18.8 Å². The second-order valence-electron chi connectivity index (χ2n) is 4.73. The number of nitrogens with one attached hydrogen (secondary N) is 1. The molecule has 3 atom stereocenters. The Morgan fingerprint density at radius 1 is 1.31 bits per heavy atom. The van der Waals surface area contributed by atoms with Crippen LogP contribution < -0.4 is 5.32 Å². The molecule has 0 aromatic rings. The molecule has 2 aliphatic heterocycles. The first-order valence-electron chi connectivity index (χ1n) is 6.40. The van der Waals surface area contributed by atoms with Crippen LogP contribution >= 0.6 is 0 Å². The van der Waals surface area contributed by atoms with Gasteiger partial charge in [0.15, 0.2) is 0 Å². The molecule has 0 radical (unpaired) electrons. The lowest BCUT2D eigenvalue weighted by molar-refractivity contribution is -0.0716.